The molecule has 7 heteroatoms. The van der Waals surface area contributed by atoms with Crippen LogP contribution in [0.4, 0.5) is 16.2 Å². The van der Waals surface area contributed by atoms with E-state index in [1.54, 1.807) is 24.3 Å². The number of likely N-dealkylation sites (tertiary alicyclic amines) is 1. The Bertz CT molecular complexity index is 773. The van der Waals surface area contributed by atoms with Crippen molar-refractivity contribution < 1.29 is 9.59 Å². The Balaban J connectivity index is 0.00000280. The van der Waals surface area contributed by atoms with E-state index in [0.717, 1.165) is 31.6 Å². The first-order valence-corrected chi connectivity index (χ1v) is 9.31. The number of nitrogens with two attached hydrogens (primary N) is 1. The SMILES string of the molecule is CC(N)C1CCN(C(=O)c2ccc(NC(=O)Nc3ccccc3)cc2)CC1.Cl. The monoisotopic (exact) mass is 402 g/mol. The Hall–Kier alpha value is -2.57. The molecule has 4 N–H and O–H groups in total. The lowest BCUT2D eigenvalue weighted by Gasteiger charge is -2.33. The van der Waals surface area contributed by atoms with Crippen molar-refractivity contribution in [3.63, 3.8) is 0 Å². The number of carbonyl (C=O) groups excluding carboxylic acids is 2. The van der Waals surface area contributed by atoms with E-state index in [-0.39, 0.29) is 30.4 Å². The molecular weight excluding hydrogens is 376 g/mol. The highest BCUT2D eigenvalue weighted by Crippen LogP contribution is 2.21. The molecule has 1 heterocycles. The molecule has 3 rings (SSSR count). The first-order chi connectivity index (χ1) is 13.0. The number of urea groups is 1. The van der Waals surface area contributed by atoms with E-state index in [4.69, 9.17) is 5.73 Å². The van der Waals surface area contributed by atoms with E-state index in [1.165, 1.54) is 0 Å². The molecule has 28 heavy (non-hydrogen) atoms. The fourth-order valence-electron chi connectivity index (χ4n) is 3.32. The van der Waals surface area contributed by atoms with Gasteiger partial charge in [-0.15, -0.1) is 12.4 Å². The van der Waals surface area contributed by atoms with Crippen LogP contribution in [0.15, 0.2) is 54.6 Å². The Kier molecular flexibility index (Phi) is 7.84. The van der Waals surface area contributed by atoms with E-state index in [1.807, 2.05) is 42.2 Å². The minimum absolute atomic E-state index is 0. The first kappa shape index (κ1) is 21.7. The molecule has 1 fully saturated rings. The molecule has 0 aromatic heterocycles. The van der Waals surface area contributed by atoms with Crippen molar-refractivity contribution in [1.82, 2.24) is 4.90 Å². The summed E-state index contributed by atoms with van der Waals surface area (Å²) in [6.07, 6.45) is 1.89. The molecule has 0 radical (unpaired) electrons. The predicted octanol–water partition coefficient (Wildman–Crippen LogP) is 3.95. The highest BCUT2D eigenvalue weighted by Gasteiger charge is 2.25. The van der Waals surface area contributed by atoms with Crippen molar-refractivity contribution in [2.75, 3.05) is 23.7 Å². The van der Waals surface area contributed by atoms with Gasteiger partial charge in [-0.1, -0.05) is 18.2 Å². The normalized spacial score (nSPS) is 15.3. The van der Waals surface area contributed by atoms with E-state index in [0.29, 0.717) is 17.2 Å². The number of piperidine rings is 1. The third kappa shape index (κ3) is 5.71. The fraction of sp³-hybridized carbons (Fsp3) is 0.333. The molecule has 1 saturated heterocycles. The number of amides is 3. The second-order valence-electron chi connectivity index (χ2n) is 7.01. The van der Waals surface area contributed by atoms with Crippen LogP contribution in [0.1, 0.15) is 30.1 Å². The second-order valence-corrected chi connectivity index (χ2v) is 7.01. The molecule has 1 atom stereocenters. The maximum Gasteiger partial charge on any atom is 0.323 e. The largest absolute Gasteiger partial charge is 0.339 e. The van der Waals surface area contributed by atoms with Gasteiger partial charge >= 0.3 is 6.03 Å². The van der Waals surface area contributed by atoms with E-state index in [2.05, 4.69) is 10.6 Å². The summed E-state index contributed by atoms with van der Waals surface area (Å²) in [5, 5.41) is 5.52. The zero-order valence-corrected chi connectivity index (χ0v) is 16.7. The lowest BCUT2D eigenvalue weighted by molar-refractivity contribution is 0.0681. The molecule has 1 aliphatic rings. The highest BCUT2D eigenvalue weighted by molar-refractivity contribution is 6.00. The summed E-state index contributed by atoms with van der Waals surface area (Å²) in [7, 11) is 0. The number of hydrogen-bond donors (Lipinski definition) is 3. The Labute approximate surface area is 171 Å². The van der Waals surface area contributed by atoms with Crippen molar-refractivity contribution in [3.05, 3.63) is 60.2 Å². The summed E-state index contributed by atoms with van der Waals surface area (Å²) in [4.78, 5) is 26.6. The van der Waals surface area contributed by atoms with Gasteiger partial charge in [0.2, 0.25) is 0 Å². The van der Waals surface area contributed by atoms with Crippen LogP contribution < -0.4 is 16.4 Å². The maximum absolute atomic E-state index is 12.6. The average molecular weight is 403 g/mol. The van der Waals surface area contributed by atoms with Crippen molar-refractivity contribution in [2.45, 2.75) is 25.8 Å². The molecule has 0 bridgehead atoms. The number of rotatable bonds is 4. The number of carbonyl (C=O) groups is 2. The summed E-state index contributed by atoms with van der Waals surface area (Å²) in [6.45, 7) is 3.51. The minimum Gasteiger partial charge on any atom is -0.339 e. The first-order valence-electron chi connectivity index (χ1n) is 9.31. The third-order valence-electron chi connectivity index (χ3n) is 4.99. The molecule has 2 aromatic carbocycles. The molecule has 6 nitrogen and oxygen atoms in total. The fourth-order valence-corrected chi connectivity index (χ4v) is 3.32. The van der Waals surface area contributed by atoms with Crippen LogP contribution in [0, 0.1) is 5.92 Å². The van der Waals surface area contributed by atoms with Crippen LogP contribution in [0.5, 0.6) is 0 Å². The number of anilines is 2. The summed E-state index contributed by atoms with van der Waals surface area (Å²) in [5.74, 6) is 0.516. The van der Waals surface area contributed by atoms with Gasteiger partial charge in [-0.2, -0.15) is 0 Å². The summed E-state index contributed by atoms with van der Waals surface area (Å²) >= 11 is 0. The zero-order valence-electron chi connectivity index (χ0n) is 15.9. The van der Waals surface area contributed by atoms with Gasteiger partial charge in [-0.05, 0) is 62.1 Å². The summed E-state index contributed by atoms with van der Waals surface area (Å²) < 4.78 is 0. The van der Waals surface area contributed by atoms with Crippen LogP contribution in [0.3, 0.4) is 0 Å². The topological polar surface area (TPSA) is 87.5 Å². The number of nitrogens with zero attached hydrogens (tertiary/aromatic N) is 1. The molecule has 1 aliphatic heterocycles. The Morgan fingerprint density at radius 1 is 0.964 bits per heavy atom. The van der Waals surface area contributed by atoms with Crippen LogP contribution in [-0.4, -0.2) is 36.0 Å². The third-order valence-corrected chi connectivity index (χ3v) is 4.99. The molecule has 2 aromatic rings. The van der Waals surface area contributed by atoms with Gasteiger partial charge in [-0.3, -0.25) is 4.79 Å². The molecule has 0 saturated carbocycles. The molecule has 150 valence electrons. The van der Waals surface area contributed by atoms with Crippen molar-refractivity contribution in [1.29, 1.82) is 0 Å². The highest BCUT2D eigenvalue weighted by atomic mass is 35.5. The summed E-state index contributed by atoms with van der Waals surface area (Å²) in [5.41, 5.74) is 7.94. The van der Waals surface area contributed by atoms with Gasteiger partial charge in [0.1, 0.15) is 0 Å². The smallest absolute Gasteiger partial charge is 0.323 e. The Morgan fingerprint density at radius 3 is 2.04 bits per heavy atom. The van der Waals surface area contributed by atoms with Crippen LogP contribution in [0.2, 0.25) is 0 Å². The van der Waals surface area contributed by atoms with Crippen molar-refractivity contribution in [3.8, 4) is 0 Å². The standard InChI is InChI=1S/C21H26N4O2.ClH/c1-15(22)16-11-13-25(14-12-16)20(26)17-7-9-19(10-8-17)24-21(27)23-18-5-3-2-4-6-18;/h2-10,15-16H,11-14,22H2,1H3,(H2,23,24,27);1H. The molecular formula is C21H27ClN4O2. The predicted molar refractivity (Wildman–Crippen MR) is 115 cm³/mol. The number of para-hydroxylation sites is 1. The number of benzene rings is 2. The lowest BCUT2D eigenvalue weighted by atomic mass is 9.90. The molecule has 0 aliphatic carbocycles. The quantitative estimate of drug-likeness (QED) is 0.723. The van der Waals surface area contributed by atoms with Gasteiger partial charge in [-0.25, -0.2) is 4.79 Å². The Morgan fingerprint density at radius 2 is 1.50 bits per heavy atom. The van der Waals surface area contributed by atoms with Gasteiger partial charge < -0.3 is 21.3 Å². The second kappa shape index (κ2) is 10.1. The van der Waals surface area contributed by atoms with Crippen molar-refractivity contribution >= 4 is 35.7 Å². The van der Waals surface area contributed by atoms with E-state index >= 15 is 0 Å². The van der Waals surface area contributed by atoms with Gasteiger partial charge in [0.25, 0.3) is 5.91 Å². The van der Waals surface area contributed by atoms with Gasteiger partial charge in [0.05, 0.1) is 0 Å². The summed E-state index contributed by atoms with van der Waals surface area (Å²) in [6, 6.07) is 16.1. The number of nitrogens with one attached hydrogen (secondary N) is 2. The number of hydrogen-bond acceptors (Lipinski definition) is 3. The van der Waals surface area contributed by atoms with Gasteiger partial charge in [0, 0.05) is 36.1 Å². The lowest BCUT2D eigenvalue weighted by Crippen LogP contribution is -2.42. The van der Waals surface area contributed by atoms with Crippen molar-refractivity contribution in [2.24, 2.45) is 11.7 Å². The average Bonchev–Trinajstić information content (AvgIpc) is 2.69. The van der Waals surface area contributed by atoms with Crippen LogP contribution in [0.25, 0.3) is 0 Å². The molecule has 1 unspecified atom stereocenters. The van der Waals surface area contributed by atoms with Gasteiger partial charge in [0.15, 0.2) is 0 Å². The number of halogens is 1. The van der Waals surface area contributed by atoms with E-state index < -0.39 is 0 Å². The maximum atomic E-state index is 12.6. The van der Waals surface area contributed by atoms with Crippen LogP contribution >= 0.6 is 12.4 Å². The molecule has 0 spiro atoms. The van der Waals surface area contributed by atoms with Crippen LogP contribution in [-0.2, 0) is 0 Å². The van der Waals surface area contributed by atoms with E-state index in [9.17, 15) is 9.59 Å². The zero-order chi connectivity index (χ0) is 19.2. The molecule has 3 amide bonds. The minimum atomic E-state index is -0.321.